The number of aliphatic carboxylic acids is 1. The zero-order valence-electron chi connectivity index (χ0n) is 9.49. The lowest BCUT2D eigenvalue weighted by molar-refractivity contribution is -0.392. The first-order chi connectivity index (χ1) is 8.99. The Labute approximate surface area is 106 Å². The fourth-order valence-electron chi connectivity index (χ4n) is 1.63. The van der Waals surface area contributed by atoms with Crippen molar-refractivity contribution >= 4 is 11.8 Å². The van der Waals surface area contributed by atoms with Gasteiger partial charge < -0.3 is 15.2 Å². The standard InChI is InChI=1S/C11H8FN3O4/c12-8-3-1-7(2-4-8)11-13-5-9(15(18)19)14(11)6-10(16)17/h1-5H,6H2,(H,16,17). The monoisotopic (exact) mass is 265 g/mol. The average Bonchev–Trinajstić information content (AvgIpc) is 2.73. The first kappa shape index (κ1) is 12.7. The summed E-state index contributed by atoms with van der Waals surface area (Å²) >= 11 is 0. The van der Waals surface area contributed by atoms with Gasteiger partial charge >= 0.3 is 11.8 Å². The van der Waals surface area contributed by atoms with Gasteiger partial charge in [-0.3, -0.25) is 0 Å². The second-order valence-corrected chi connectivity index (χ2v) is 3.68. The highest BCUT2D eigenvalue weighted by Gasteiger charge is 2.23. The molecule has 0 bridgehead atoms. The van der Waals surface area contributed by atoms with Crippen molar-refractivity contribution in [1.82, 2.24) is 9.55 Å². The molecule has 8 heteroatoms. The van der Waals surface area contributed by atoms with Crippen LogP contribution in [0.2, 0.25) is 0 Å². The van der Waals surface area contributed by atoms with E-state index in [4.69, 9.17) is 5.11 Å². The van der Waals surface area contributed by atoms with Gasteiger partial charge in [-0.2, -0.15) is 4.57 Å². The van der Waals surface area contributed by atoms with Crippen molar-refractivity contribution in [2.24, 2.45) is 0 Å². The van der Waals surface area contributed by atoms with Gasteiger partial charge in [0.2, 0.25) is 5.82 Å². The number of nitro groups is 1. The molecule has 2 rings (SSSR count). The van der Waals surface area contributed by atoms with Crippen molar-refractivity contribution in [2.75, 3.05) is 0 Å². The highest BCUT2D eigenvalue weighted by molar-refractivity contribution is 5.69. The van der Waals surface area contributed by atoms with Crippen molar-refractivity contribution in [2.45, 2.75) is 6.54 Å². The molecule has 0 aliphatic heterocycles. The Morgan fingerprint density at radius 1 is 1.42 bits per heavy atom. The van der Waals surface area contributed by atoms with Crippen LogP contribution in [0, 0.1) is 15.9 Å². The van der Waals surface area contributed by atoms with Gasteiger partial charge in [-0.1, -0.05) is 0 Å². The quantitative estimate of drug-likeness (QED) is 0.669. The average molecular weight is 265 g/mol. The molecule has 0 aliphatic carbocycles. The molecule has 0 atom stereocenters. The van der Waals surface area contributed by atoms with Crippen molar-refractivity contribution in [1.29, 1.82) is 0 Å². The largest absolute Gasteiger partial charge is 0.478 e. The Balaban J connectivity index is 2.53. The molecule has 7 nitrogen and oxygen atoms in total. The first-order valence-corrected chi connectivity index (χ1v) is 5.16. The van der Waals surface area contributed by atoms with Crippen molar-refractivity contribution < 1.29 is 19.2 Å². The third-order valence-corrected chi connectivity index (χ3v) is 2.42. The van der Waals surface area contributed by atoms with Crippen LogP contribution in [0.25, 0.3) is 11.4 Å². The summed E-state index contributed by atoms with van der Waals surface area (Å²) < 4.78 is 13.8. The summed E-state index contributed by atoms with van der Waals surface area (Å²) in [5, 5.41) is 19.6. The molecule has 0 saturated heterocycles. The number of carbonyl (C=O) groups is 1. The number of imidazole rings is 1. The van der Waals surface area contributed by atoms with E-state index in [0.717, 1.165) is 10.8 Å². The Bertz CT molecular complexity index is 636. The number of carboxylic acid groups (broad SMARTS) is 1. The van der Waals surface area contributed by atoms with E-state index in [0.29, 0.717) is 5.56 Å². The zero-order chi connectivity index (χ0) is 14.0. The predicted molar refractivity (Wildman–Crippen MR) is 61.9 cm³/mol. The summed E-state index contributed by atoms with van der Waals surface area (Å²) in [4.78, 5) is 24.6. The van der Waals surface area contributed by atoms with Crippen molar-refractivity contribution in [3.05, 3.63) is 46.4 Å². The van der Waals surface area contributed by atoms with E-state index < -0.39 is 29.1 Å². The lowest BCUT2D eigenvalue weighted by atomic mass is 10.2. The summed E-state index contributed by atoms with van der Waals surface area (Å²) in [5.41, 5.74) is 0.399. The molecular formula is C11H8FN3O4. The molecule has 98 valence electrons. The van der Waals surface area contributed by atoms with Gasteiger partial charge in [-0.25, -0.2) is 14.2 Å². The van der Waals surface area contributed by atoms with Gasteiger partial charge in [-0.15, -0.1) is 0 Å². The molecule has 0 fully saturated rings. The molecule has 0 radical (unpaired) electrons. The topological polar surface area (TPSA) is 98.3 Å². The highest BCUT2D eigenvalue weighted by atomic mass is 19.1. The molecule has 2 aromatic rings. The Hall–Kier alpha value is -2.77. The Kier molecular flexibility index (Phi) is 3.23. The third kappa shape index (κ3) is 2.57. The van der Waals surface area contributed by atoms with Crippen LogP contribution >= 0.6 is 0 Å². The minimum Gasteiger partial charge on any atom is -0.478 e. The molecule has 1 aromatic carbocycles. The summed E-state index contributed by atoms with van der Waals surface area (Å²) in [6, 6.07) is 5.08. The molecule has 1 N–H and O–H groups in total. The van der Waals surface area contributed by atoms with E-state index in [-0.39, 0.29) is 5.82 Å². The van der Waals surface area contributed by atoms with Crippen LogP contribution in [-0.4, -0.2) is 25.6 Å². The molecule has 1 heterocycles. The lowest BCUT2D eigenvalue weighted by Gasteiger charge is -2.02. The van der Waals surface area contributed by atoms with E-state index in [1.165, 1.54) is 24.3 Å². The molecule has 1 aromatic heterocycles. The van der Waals surface area contributed by atoms with E-state index in [9.17, 15) is 19.3 Å². The van der Waals surface area contributed by atoms with Gasteiger partial charge in [0.05, 0.1) is 0 Å². The van der Waals surface area contributed by atoms with Crippen LogP contribution < -0.4 is 0 Å². The van der Waals surface area contributed by atoms with E-state index in [1.54, 1.807) is 0 Å². The second kappa shape index (κ2) is 4.84. The molecule has 0 spiro atoms. The fraction of sp³-hybridized carbons (Fsp3) is 0.0909. The third-order valence-electron chi connectivity index (χ3n) is 2.42. The summed E-state index contributed by atoms with van der Waals surface area (Å²) in [6.45, 7) is -0.594. The smallest absolute Gasteiger partial charge is 0.346 e. The Morgan fingerprint density at radius 3 is 2.58 bits per heavy atom. The number of nitrogens with zero attached hydrogens (tertiary/aromatic N) is 3. The maximum atomic E-state index is 12.8. The number of benzene rings is 1. The number of aromatic nitrogens is 2. The molecule has 19 heavy (non-hydrogen) atoms. The predicted octanol–water partition coefficient (Wildman–Crippen LogP) is 1.68. The van der Waals surface area contributed by atoms with Crippen LogP contribution in [-0.2, 0) is 11.3 Å². The van der Waals surface area contributed by atoms with Crippen LogP contribution in [0.1, 0.15) is 0 Å². The number of rotatable bonds is 4. The number of hydrogen-bond acceptors (Lipinski definition) is 4. The lowest BCUT2D eigenvalue weighted by Crippen LogP contribution is -2.12. The normalized spacial score (nSPS) is 10.4. The molecule has 0 amide bonds. The minimum atomic E-state index is -1.23. The zero-order valence-corrected chi connectivity index (χ0v) is 9.49. The van der Waals surface area contributed by atoms with E-state index in [1.807, 2.05) is 0 Å². The summed E-state index contributed by atoms with van der Waals surface area (Å²) in [7, 11) is 0. The van der Waals surface area contributed by atoms with Crippen molar-refractivity contribution in [3.8, 4) is 11.4 Å². The highest BCUT2D eigenvalue weighted by Crippen LogP contribution is 2.23. The first-order valence-electron chi connectivity index (χ1n) is 5.16. The molecule has 0 aliphatic rings. The molecule has 0 saturated carbocycles. The van der Waals surface area contributed by atoms with Gasteiger partial charge in [0.25, 0.3) is 0 Å². The Morgan fingerprint density at radius 2 is 2.05 bits per heavy atom. The fourth-order valence-corrected chi connectivity index (χ4v) is 1.63. The van der Waals surface area contributed by atoms with Gasteiger partial charge in [-0.05, 0) is 29.2 Å². The van der Waals surface area contributed by atoms with Gasteiger partial charge in [0.1, 0.15) is 12.0 Å². The summed E-state index contributed by atoms with van der Waals surface area (Å²) in [5.74, 6) is -2.02. The van der Waals surface area contributed by atoms with Crippen molar-refractivity contribution in [3.63, 3.8) is 0 Å². The summed E-state index contributed by atoms with van der Waals surface area (Å²) in [6.07, 6.45) is 0.974. The number of halogens is 1. The van der Waals surface area contributed by atoms with E-state index >= 15 is 0 Å². The van der Waals surface area contributed by atoms with Crippen LogP contribution in [0.3, 0.4) is 0 Å². The number of carboxylic acids is 1. The van der Waals surface area contributed by atoms with Crippen LogP contribution in [0.5, 0.6) is 0 Å². The molecular weight excluding hydrogens is 257 g/mol. The van der Waals surface area contributed by atoms with Crippen LogP contribution in [0.15, 0.2) is 30.5 Å². The SMILES string of the molecule is O=C(O)Cn1c([N+](=O)[O-])cnc1-c1ccc(F)cc1. The second-order valence-electron chi connectivity index (χ2n) is 3.68. The molecule has 0 unspecified atom stereocenters. The maximum Gasteiger partial charge on any atom is 0.346 e. The maximum absolute atomic E-state index is 12.8. The van der Waals surface area contributed by atoms with Gasteiger partial charge in [0.15, 0.2) is 6.54 Å². The minimum absolute atomic E-state index is 0.106. The van der Waals surface area contributed by atoms with Crippen LogP contribution in [0.4, 0.5) is 10.2 Å². The van der Waals surface area contributed by atoms with E-state index in [2.05, 4.69) is 4.98 Å². The number of hydrogen-bond donors (Lipinski definition) is 1. The van der Waals surface area contributed by atoms with Gasteiger partial charge in [0, 0.05) is 5.56 Å².